The van der Waals surface area contributed by atoms with Crippen LogP contribution in [0.15, 0.2) is 36.4 Å². The maximum atomic E-state index is 13.3. The molecule has 2 aromatic rings. The summed E-state index contributed by atoms with van der Waals surface area (Å²) in [6.45, 7) is 2.65. The van der Waals surface area contributed by atoms with Crippen molar-refractivity contribution >= 4 is 58.1 Å². The van der Waals surface area contributed by atoms with E-state index in [2.05, 4.69) is 10.2 Å². The largest absolute Gasteiger partial charge is 0.346 e. The fourth-order valence-electron chi connectivity index (χ4n) is 4.94. The maximum absolute atomic E-state index is 13.3. The lowest BCUT2D eigenvalue weighted by Crippen LogP contribution is -2.46. The zero-order chi connectivity index (χ0) is 24.7. The molecule has 4 heterocycles. The zero-order valence-corrected chi connectivity index (χ0v) is 20.8. The number of urea groups is 1. The summed E-state index contributed by atoms with van der Waals surface area (Å²) in [5.74, 6) is -0.675. The summed E-state index contributed by atoms with van der Waals surface area (Å²) in [6, 6.07) is 8.49. The van der Waals surface area contributed by atoms with E-state index < -0.39 is 18.1 Å². The molecule has 1 aromatic heterocycles. The quantitative estimate of drug-likeness (QED) is 0.597. The summed E-state index contributed by atoms with van der Waals surface area (Å²) in [5, 5.41) is 2.89. The van der Waals surface area contributed by atoms with Crippen LogP contribution in [0.5, 0.6) is 0 Å². The molecule has 1 N–H and O–H groups in total. The number of rotatable bonds is 6. The van der Waals surface area contributed by atoms with Gasteiger partial charge in [0, 0.05) is 19.3 Å². The number of amides is 5. The van der Waals surface area contributed by atoms with Crippen LogP contribution < -0.4 is 15.1 Å². The topological polar surface area (TPSA) is 93.3 Å². The Labute approximate surface area is 212 Å². The number of fused-ring (bicyclic) bond motifs is 1. The highest BCUT2D eigenvalue weighted by molar-refractivity contribution is 7.18. The molecular weight excluding hydrogens is 490 g/mol. The second-order valence-corrected chi connectivity index (χ2v) is 10.7. The Kier molecular flexibility index (Phi) is 6.52. The van der Waals surface area contributed by atoms with Crippen LogP contribution in [0.25, 0.3) is 0 Å². The first-order valence-corrected chi connectivity index (χ1v) is 12.8. The fourth-order valence-corrected chi connectivity index (χ4v) is 5.89. The average molecular weight is 516 g/mol. The minimum atomic E-state index is -0.744. The van der Waals surface area contributed by atoms with Crippen molar-refractivity contribution in [1.82, 2.24) is 15.1 Å². The van der Waals surface area contributed by atoms with Crippen molar-refractivity contribution in [2.45, 2.75) is 31.3 Å². The van der Waals surface area contributed by atoms with Crippen LogP contribution in [0.2, 0.25) is 4.34 Å². The highest BCUT2D eigenvalue weighted by Gasteiger charge is 2.53. The molecule has 35 heavy (non-hydrogen) atoms. The third kappa shape index (κ3) is 4.53. The van der Waals surface area contributed by atoms with Crippen molar-refractivity contribution in [3.8, 4) is 0 Å². The lowest BCUT2D eigenvalue weighted by Gasteiger charge is -2.22. The van der Waals surface area contributed by atoms with Gasteiger partial charge in [0.2, 0.25) is 5.91 Å². The average Bonchev–Trinajstić information content (AvgIpc) is 3.63. The van der Waals surface area contributed by atoms with Crippen LogP contribution in [0.3, 0.4) is 0 Å². The number of anilines is 2. The van der Waals surface area contributed by atoms with Gasteiger partial charge >= 0.3 is 6.03 Å². The number of benzene rings is 1. The molecule has 1 aromatic carbocycles. The van der Waals surface area contributed by atoms with Gasteiger partial charge in [0.25, 0.3) is 11.8 Å². The summed E-state index contributed by atoms with van der Waals surface area (Å²) < 4.78 is 0.508. The van der Waals surface area contributed by atoms with Crippen molar-refractivity contribution in [3.63, 3.8) is 0 Å². The highest BCUT2D eigenvalue weighted by Crippen LogP contribution is 2.33. The molecule has 0 aliphatic carbocycles. The number of likely N-dealkylation sites (tertiary alicyclic amines) is 1. The Morgan fingerprint density at radius 1 is 1.09 bits per heavy atom. The molecule has 0 bridgehead atoms. The maximum Gasteiger partial charge on any atom is 0.332 e. The summed E-state index contributed by atoms with van der Waals surface area (Å²) in [6.07, 6.45) is 2.74. The van der Waals surface area contributed by atoms with E-state index in [0.29, 0.717) is 40.1 Å². The monoisotopic (exact) mass is 515 g/mol. The molecule has 2 atom stereocenters. The number of nitrogens with one attached hydrogen (secondary N) is 1. The van der Waals surface area contributed by atoms with Crippen LogP contribution in [-0.2, 0) is 9.59 Å². The van der Waals surface area contributed by atoms with E-state index in [9.17, 15) is 19.2 Å². The molecule has 3 saturated heterocycles. The minimum absolute atomic E-state index is 0.000713. The third-order valence-electron chi connectivity index (χ3n) is 6.85. The first-order chi connectivity index (χ1) is 16.8. The Balaban J connectivity index is 1.26. The third-order valence-corrected chi connectivity index (χ3v) is 8.08. The molecule has 3 aliphatic heterocycles. The molecule has 0 spiro atoms. The first-order valence-electron chi connectivity index (χ1n) is 11.6. The molecule has 11 heteroatoms. The molecule has 184 valence electrons. The first kappa shape index (κ1) is 23.8. The van der Waals surface area contributed by atoms with E-state index in [0.717, 1.165) is 42.2 Å². The van der Waals surface area contributed by atoms with Gasteiger partial charge in [0.1, 0.15) is 6.04 Å². The van der Waals surface area contributed by atoms with Gasteiger partial charge in [-0.15, -0.1) is 11.3 Å². The standard InChI is InChI=1S/C24H26ClN5O4S/c1-27(20(31)14-28-11-2-3-12-28)15-4-6-16(7-5-15)30-23(33)21-17(10-13-29(21)24(30)34)26-22(32)18-8-9-19(25)35-18/h4-9,17,21H,2-3,10-14H2,1H3,(H,26,32)/t17-,21+/m1/s1. The molecule has 9 nitrogen and oxygen atoms in total. The number of halogens is 1. The van der Waals surface area contributed by atoms with E-state index >= 15 is 0 Å². The van der Waals surface area contributed by atoms with Gasteiger partial charge in [-0.1, -0.05) is 11.6 Å². The van der Waals surface area contributed by atoms with Gasteiger partial charge in [-0.25, -0.2) is 9.69 Å². The number of thiophene rings is 1. The Morgan fingerprint density at radius 3 is 2.46 bits per heavy atom. The lowest BCUT2D eigenvalue weighted by atomic mass is 10.1. The van der Waals surface area contributed by atoms with E-state index in [1.807, 2.05) is 0 Å². The molecule has 3 aliphatic rings. The predicted octanol–water partition coefficient (Wildman–Crippen LogP) is 2.80. The van der Waals surface area contributed by atoms with Gasteiger partial charge in [0.15, 0.2) is 0 Å². The number of hydrogen-bond acceptors (Lipinski definition) is 6. The van der Waals surface area contributed by atoms with Crippen LogP contribution in [0.4, 0.5) is 16.2 Å². The molecule has 0 radical (unpaired) electrons. The van der Waals surface area contributed by atoms with Crippen LogP contribution in [0, 0.1) is 0 Å². The molecule has 0 saturated carbocycles. The Morgan fingerprint density at radius 2 is 1.80 bits per heavy atom. The SMILES string of the molecule is CN(C(=O)CN1CCCC1)c1ccc(N2C(=O)[C@@H]3[C@H](NC(=O)c4ccc(Cl)s4)CCN3C2=O)cc1. The summed E-state index contributed by atoms with van der Waals surface area (Å²) in [4.78, 5) is 58.4. The summed E-state index contributed by atoms with van der Waals surface area (Å²) in [5.41, 5.74) is 1.13. The highest BCUT2D eigenvalue weighted by atomic mass is 35.5. The Bertz CT molecular complexity index is 1160. The number of carbonyl (C=O) groups excluding carboxylic acids is 4. The van der Waals surface area contributed by atoms with Gasteiger partial charge in [-0.2, -0.15) is 0 Å². The lowest BCUT2D eigenvalue weighted by molar-refractivity contribution is -0.120. The minimum Gasteiger partial charge on any atom is -0.346 e. The van der Waals surface area contributed by atoms with Gasteiger partial charge in [-0.05, 0) is 68.8 Å². The number of nitrogens with zero attached hydrogens (tertiary/aromatic N) is 4. The number of hydrogen-bond donors (Lipinski definition) is 1. The molecule has 3 fully saturated rings. The van der Waals surface area contributed by atoms with Gasteiger partial charge in [-0.3, -0.25) is 19.3 Å². The fraction of sp³-hybridized carbons (Fsp3) is 0.417. The van der Waals surface area contributed by atoms with E-state index in [1.54, 1.807) is 48.3 Å². The van der Waals surface area contributed by atoms with Gasteiger partial charge in [0.05, 0.1) is 27.5 Å². The number of carbonyl (C=O) groups is 4. The molecule has 0 unspecified atom stereocenters. The van der Waals surface area contributed by atoms with Crippen LogP contribution in [0.1, 0.15) is 28.9 Å². The Hall–Kier alpha value is -2.95. The molecular formula is C24H26ClN5O4S. The van der Waals surface area contributed by atoms with Crippen molar-refractivity contribution in [2.75, 3.05) is 43.0 Å². The number of imide groups is 1. The number of likely N-dealkylation sites (N-methyl/N-ethyl adjacent to an activating group) is 1. The van der Waals surface area contributed by atoms with Crippen molar-refractivity contribution in [1.29, 1.82) is 0 Å². The smallest absolute Gasteiger partial charge is 0.332 e. The summed E-state index contributed by atoms with van der Waals surface area (Å²) >= 11 is 7.09. The second-order valence-electron chi connectivity index (χ2n) is 9.02. The molecule has 5 rings (SSSR count). The summed E-state index contributed by atoms with van der Waals surface area (Å²) in [7, 11) is 1.73. The van der Waals surface area contributed by atoms with E-state index in [1.165, 1.54) is 4.90 Å². The van der Waals surface area contributed by atoms with E-state index in [4.69, 9.17) is 11.6 Å². The molecule has 5 amide bonds. The van der Waals surface area contributed by atoms with Crippen molar-refractivity contribution in [2.24, 2.45) is 0 Å². The normalized spacial score (nSPS) is 22.1. The predicted molar refractivity (Wildman–Crippen MR) is 134 cm³/mol. The second kappa shape index (κ2) is 9.60. The van der Waals surface area contributed by atoms with Crippen molar-refractivity contribution < 1.29 is 19.2 Å². The van der Waals surface area contributed by atoms with Crippen LogP contribution in [-0.4, -0.2) is 78.9 Å². The van der Waals surface area contributed by atoms with Crippen molar-refractivity contribution in [3.05, 3.63) is 45.6 Å². The zero-order valence-electron chi connectivity index (χ0n) is 19.3. The van der Waals surface area contributed by atoms with Crippen LogP contribution >= 0.6 is 22.9 Å². The van der Waals surface area contributed by atoms with Gasteiger partial charge < -0.3 is 15.1 Å². The van der Waals surface area contributed by atoms with E-state index in [-0.39, 0.29) is 17.7 Å².